The highest BCUT2D eigenvalue weighted by Crippen LogP contribution is 2.20. The molecule has 0 unspecified atom stereocenters. The second-order valence-electron chi connectivity index (χ2n) is 7.21. The number of carbonyl (C=O) groups is 2. The molecule has 0 radical (unpaired) electrons. The molecule has 3 aromatic carbocycles. The molecule has 0 fully saturated rings. The maximum Gasteiger partial charge on any atom is 0.227 e. The third kappa shape index (κ3) is 6.47. The van der Waals surface area contributed by atoms with E-state index in [0.717, 1.165) is 16.7 Å². The lowest BCUT2D eigenvalue weighted by Gasteiger charge is -2.23. The van der Waals surface area contributed by atoms with Crippen LogP contribution in [0, 0.1) is 11.6 Å². The molecule has 3 aromatic rings. The zero-order chi connectivity index (χ0) is 22.2. The van der Waals surface area contributed by atoms with E-state index in [4.69, 9.17) is 0 Å². The van der Waals surface area contributed by atoms with Crippen molar-refractivity contribution in [3.05, 3.63) is 101 Å². The van der Waals surface area contributed by atoms with E-state index in [1.165, 1.54) is 24.3 Å². The molecule has 0 aliphatic rings. The fourth-order valence-corrected chi connectivity index (χ4v) is 3.13. The van der Waals surface area contributed by atoms with Crippen molar-refractivity contribution < 1.29 is 18.4 Å². The van der Waals surface area contributed by atoms with Gasteiger partial charge in [-0.1, -0.05) is 43.3 Å². The highest BCUT2D eigenvalue weighted by atomic mass is 19.1. The van der Waals surface area contributed by atoms with Crippen LogP contribution in [0.2, 0.25) is 0 Å². The zero-order valence-corrected chi connectivity index (χ0v) is 17.3. The molecule has 4 nitrogen and oxygen atoms in total. The van der Waals surface area contributed by atoms with Crippen LogP contribution >= 0.6 is 0 Å². The lowest BCUT2D eigenvalue weighted by atomic mass is 10.1. The quantitative estimate of drug-likeness (QED) is 0.569. The summed E-state index contributed by atoms with van der Waals surface area (Å²) in [7, 11) is 0. The minimum absolute atomic E-state index is 0.0471. The van der Waals surface area contributed by atoms with Crippen LogP contribution in [-0.2, 0) is 29.1 Å². The lowest BCUT2D eigenvalue weighted by Crippen LogP contribution is -2.29. The number of rotatable bonds is 8. The summed E-state index contributed by atoms with van der Waals surface area (Å²) in [4.78, 5) is 26.3. The molecule has 1 N–H and O–H groups in total. The fraction of sp³-hybridized carbons (Fsp3) is 0.200. The number of amides is 2. The van der Waals surface area contributed by atoms with Gasteiger partial charge in [0.2, 0.25) is 11.8 Å². The monoisotopic (exact) mass is 422 g/mol. The Morgan fingerprint density at radius 1 is 0.774 bits per heavy atom. The van der Waals surface area contributed by atoms with E-state index < -0.39 is 0 Å². The van der Waals surface area contributed by atoms with E-state index in [0.29, 0.717) is 25.2 Å². The summed E-state index contributed by atoms with van der Waals surface area (Å²) < 4.78 is 26.1. The minimum Gasteiger partial charge on any atom is -0.352 e. The van der Waals surface area contributed by atoms with Gasteiger partial charge in [0, 0.05) is 18.7 Å². The number of halogens is 2. The number of nitrogens with zero attached hydrogens (tertiary/aromatic N) is 1. The van der Waals surface area contributed by atoms with E-state index in [9.17, 15) is 18.4 Å². The Balaban J connectivity index is 1.62. The summed E-state index contributed by atoms with van der Waals surface area (Å²) in [5, 5.41) is 2.81. The second-order valence-corrected chi connectivity index (χ2v) is 7.21. The molecule has 0 bridgehead atoms. The second kappa shape index (κ2) is 10.5. The van der Waals surface area contributed by atoms with Crippen LogP contribution in [0.15, 0.2) is 72.8 Å². The number of hydrogen-bond donors (Lipinski definition) is 1. The van der Waals surface area contributed by atoms with Gasteiger partial charge >= 0.3 is 0 Å². The van der Waals surface area contributed by atoms with Gasteiger partial charge in [-0.15, -0.1) is 0 Å². The summed E-state index contributed by atoms with van der Waals surface area (Å²) in [6.45, 7) is 2.46. The summed E-state index contributed by atoms with van der Waals surface area (Å²) >= 11 is 0. The van der Waals surface area contributed by atoms with Gasteiger partial charge in [-0.2, -0.15) is 0 Å². The standard InChI is InChI=1S/C25H24F2N2O2/c1-2-25(31)29(17-20-5-11-22(27)12-6-20)23-13-7-18(8-14-23)15-24(30)28-16-19-3-9-21(26)10-4-19/h3-14H,2,15-17H2,1H3,(H,28,30). The molecule has 0 aromatic heterocycles. The molecule has 0 aliphatic carbocycles. The number of hydrogen-bond acceptors (Lipinski definition) is 2. The predicted octanol–water partition coefficient (Wildman–Crippen LogP) is 4.77. The Labute approximate surface area is 180 Å². The van der Waals surface area contributed by atoms with Gasteiger partial charge in [0.1, 0.15) is 11.6 Å². The Kier molecular flexibility index (Phi) is 7.49. The van der Waals surface area contributed by atoms with Crippen molar-refractivity contribution in [2.75, 3.05) is 4.90 Å². The van der Waals surface area contributed by atoms with Crippen LogP contribution in [0.25, 0.3) is 0 Å². The van der Waals surface area contributed by atoms with E-state index in [2.05, 4.69) is 5.32 Å². The van der Waals surface area contributed by atoms with Crippen molar-refractivity contribution >= 4 is 17.5 Å². The highest BCUT2D eigenvalue weighted by molar-refractivity contribution is 5.93. The average molecular weight is 422 g/mol. The zero-order valence-electron chi connectivity index (χ0n) is 17.3. The molecule has 160 valence electrons. The summed E-state index contributed by atoms with van der Waals surface area (Å²) in [5.74, 6) is -0.830. The smallest absolute Gasteiger partial charge is 0.227 e. The van der Waals surface area contributed by atoms with Gasteiger partial charge in [-0.3, -0.25) is 9.59 Å². The van der Waals surface area contributed by atoms with Crippen molar-refractivity contribution in [2.45, 2.75) is 32.9 Å². The topological polar surface area (TPSA) is 49.4 Å². The first-order chi connectivity index (χ1) is 14.9. The maximum atomic E-state index is 13.2. The first-order valence-corrected chi connectivity index (χ1v) is 10.1. The van der Waals surface area contributed by atoms with Crippen LogP contribution < -0.4 is 10.2 Å². The molecular weight excluding hydrogens is 398 g/mol. The van der Waals surface area contributed by atoms with Gasteiger partial charge in [0.25, 0.3) is 0 Å². The number of carbonyl (C=O) groups excluding carboxylic acids is 2. The Morgan fingerprint density at radius 2 is 1.29 bits per heavy atom. The van der Waals surface area contributed by atoms with Crippen molar-refractivity contribution in [3.63, 3.8) is 0 Å². The SMILES string of the molecule is CCC(=O)N(Cc1ccc(F)cc1)c1ccc(CC(=O)NCc2ccc(F)cc2)cc1. The van der Waals surface area contributed by atoms with Crippen molar-refractivity contribution in [1.29, 1.82) is 0 Å². The summed E-state index contributed by atoms with van der Waals surface area (Å²) in [6, 6.07) is 19.3. The Hall–Kier alpha value is -3.54. The molecule has 6 heteroatoms. The van der Waals surface area contributed by atoms with Crippen LogP contribution in [0.4, 0.5) is 14.5 Å². The van der Waals surface area contributed by atoms with Gasteiger partial charge in [0.05, 0.1) is 13.0 Å². The van der Waals surface area contributed by atoms with Crippen molar-refractivity contribution in [3.8, 4) is 0 Å². The summed E-state index contributed by atoms with van der Waals surface area (Å²) in [5.41, 5.74) is 3.17. The third-order valence-electron chi connectivity index (χ3n) is 4.87. The van der Waals surface area contributed by atoms with E-state index in [1.54, 1.807) is 48.2 Å². The first-order valence-electron chi connectivity index (χ1n) is 10.1. The molecule has 0 saturated carbocycles. The summed E-state index contributed by atoms with van der Waals surface area (Å²) in [6.07, 6.45) is 0.538. The van der Waals surface area contributed by atoms with Crippen LogP contribution in [0.1, 0.15) is 30.0 Å². The lowest BCUT2D eigenvalue weighted by molar-refractivity contribution is -0.120. The van der Waals surface area contributed by atoms with Crippen molar-refractivity contribution in [1.82, 2.24) is 5.32 Å². The Bertz CT molecular complexity index is 1020. The van der Waals surface area contributed by atoms with Gasteiger partial charge in [-0.25, -0.2) is 8.78 Å². The molecule has 31 heavy (non-hydrogen) atoms. The third-order valence-corrected chi connectivity index (χ3v) is 4.87. The van der Waals surface area contributed by atoms with Crippen LogP contribution in [0.3, 0.4) is 0 Å². The van der Waals surface area contributed by atoms with E-state index in [-0.39, 0.29) is 29.9 Å². The van der Waals surface area contributed by atoms with Gasteiger partial charge < -0.3 is 10.2 Å². The molecule has 2 amide bonds. The molecular formula is C25H24F2N2O2. The average Bonchev–Trinajstić information content (AvgIpc) is 2.78. The number of nitrogens with one attached hydrogen (secondary N) is 1. The normalized spacial score (nSPS) is 10.5. The predicted molar refractivity (Wildman–Crippen MR) is 116 cm³/mol. The van der Waals surface area contributed by atoms with E-state index in [1.807, 2.05) is 12.1 Å². The first kappa shape index (κ1) is 22.2. The number of benzene rings is 3. The molecule has 3 rings (SSSR count). The molecule has 0 atom stereocenters. The van der Waals surface area contributed by atoms with Crippen LogP contribution in [-0.4, -0.2) is 11.8 Å². The van der Waals surface area contributed by atoms with Gasteiger partial charge in [-0.05, 0) is 53.1 Å². The molecule has 0 aliphatic heterocycles. The molecule has 0 heterocycles. The maximum absolute atomic E-state index is 13.2. The van der Waals surface area contributed by atoms with E-state index >= 15 is 0 Å². The molecule has 0 saturated heterocycles. The largest absolute Gasteiger partial charge is 0.352 e. The van der Waals surface area contributed by atoms with Gasteiger partial charge in [0.15, 0.2) is 0 Å². The number of anilines is 1. The molecule has 0 spiro atoms. The highest BCUT2D eigenvalue weighted by Gasteiger charge is 2.15. The fourth-order valence-electron chi connectivity index (χ4n) is 3.13. The minimum atomic E-state index is -0.320. The Morgan fingerprint density at radius 3 is 1.84 bits per heavy atom. The van der Waals surface area contributed by atoms with Crippen molar-refractivity contribution in [2.24, 2.45) is 0 Å². The van der Waals surface area contributed by atoms with Crippen LogP contribution in [0.5, 0.6) is 0 Å².